The van der Waals surface area contributed by atoms with Crippen molar-refractivity contribution in [3.05, 3.63) is 46.3 Å². The molecule has 1 aromatic heterocycles. The maximum atomic E-state index is 12.4. The smallest absolute Gasteiger partial charge is 0.255 e. The summed E-state index contributed by atoms with van der Waals surface area (Å²) in [4.78, 5) is 12.5. The van der Waals surface area contributed by atoms with Crippen LogP contribution in [0.2, 0.25) is 0 Å². The molecule has 25 heavy (non-hydrogen) atoms. The fraction of sp³-hybridized carbons (Fsp3) is 0.412. The minimum absolute atomic E-state index is 0.111. The molecule has 0 unspecified atom stereocenters. The molecule has 0 fully saturated rings. The Hall–Kier alpha value is -2.19. The molecule has 0 aliphatic rings. The SMILES string of the molecule is Cc1ccc(C)c(S(=O)(=O)NCCNC(=O)c2c(C)nn(C)c2C)c1. The summed E-state index contributed by atoms with van der Waals surface area (Å²) in [6.07, 6.45) is 0. The molecule has 0 saturated heterocycles. The minimum atomic E-state index is -3.61. The lowest BCUT2D eigenvalue weighted by Gasteiger charge is -2.11. The molecule has 7 nitrogen and oxygen atoms in total. The number of aromatic nitrogens is 2. The van der Waals surface area contributed by atoms with Gasteiger partial charge in [0.25, 0.3) is 5.91 Å². The number of carbonyl (C=O) groups excluding carboxylic acids is 1. The van der Waals surface area contributed by atoms with Crippen molar-refractivity contribution in [2.45, 2.75) is 32.6 Å². The Balaban J connectivity index is 1.96. The summed E-state index contributed by atoms with van der Waals surface area (Å²) < 4.78 is 29.0. The molecule has 0 bridgehead atoms. The van der Waals surface area contributed by atoms with Gasteiger partial charge in [0, 0.05) is 25.8 Å². The van der Waals surface area contributed by atoms with Crippen molar-refractivity contribution in [3.8, 4) is 0 Å². The van der Waals surface area contributed by atoms with E-state index >= 15 is 0 Å². The van der Waals surface area contributed by atoms with E-state index in [0.29, 0.717) is 16.8 Å². The van der Waals surface area contributed by atoms with Crippen LogP contribution in [0.25, 0.3) is 0 Å². The Morgan fingerprint density at radius 3 is 2.44 bits per heavy atom. The van der Waals surface area contributed by atoms with E-state index in [1.165, 1.54) is 0 Å². The normalized spacial score (nSPS) is 11.6. The van der Waals surface area contributed by atoms with Crippen LogP contribution in [0.3, 0.4) is 0 Å². The predicted octanol–water partition coefficient (Wildman–Crippen LogP) is 1.36. The fourth-order valence-electron chi connectivity index (χ4n) is 2.63. The van der Waals surface area contributed by atoms with Gasteiger partial charge in [0.1, 0.15) is 0 Å². The lowest BCUT2D eigenvalue weighted by Crippen LogP contribution is -2.35. The Morgan fingerprint density at radius 1 is 1.16 bits per heavy atom. The largest absolute Gasteiger partial charge is 0.351 e. The van der Waals surface area contributed by atoms with Crippen LogP contribution >= 0.6 is 0 Å². The molecule has 0 spiro atoms. The van der Waals surface area contributed by atoms with Crippen LogP contribution in [0.4, 0.5) is 0 Å². The summed E-state index contributed by atoms with van der Waals surface area (Å²) in [7, 11) is -1.83. The van der Waals surface area contributed by atoms with E-state index in [9.17, 15) is 13.2 Å². The summed E-state index contributed by atoms with van der Waals surface area (Å²) >= 11 is 0. The summed E-state index contributed by atoms with van der Waals surface area (Å²) in [5.41, 5.74) is 3.50. The van der Waals surface area contributed by atoms with Gasteiger partial charge in [0.2, 0.25) is 10.0 Å². The van der Waals surface area contributed by atoms with Crippen molar-refractivity contribution in [1.29, 1.82) is 0 Å². The van der Waals surface area contributed by atoms with Crippen molar-refractivity contribution >= 4 is 15.9 Å². The monoisotopic (exact) mass is 364 g/mol. The number of sulfonamides is 1. The topological polar surface area (TPSA) is 93.1 Å². The van der Waals surface area contributed by atoms with Gasteiger partial charge < -0.3 is 5.32 Å². The summed E-state index contributed by atoms with van der Waals surface area (Å²) in [5.74, 6) is -0.256. The highest BCUT2D eigenvalue weighted by Crippen LogP contribution is 2.16. The van der Waals surface area contributed by atoms with Gasteiger partial charge in [-0.05, 0) is 44.9 Å². The molecular formula is C17H24N4O3S. The van der Waals surface area contributed by atoms with E-state index < -0.39 is 10.0 Å². The van der Waals surface area contributed by atoms with Gasteiger partial charge in [-0.1, -0.05) is 12.1 Å². The van der Waals surface area contributed by atoms with Crippen LogP contribution in [0.5, 0.6) is 0 Å². The number of nitrogens with zero attached hydrogens (tertiary/aromatic N) is 2. The molecule has 2 N–H and O–H groups in total. The van der Waals surface area contributed by atoms with E-state index in [4.69, 9.17) is 0 Å². The van der Waals surface area contributed by atoms with Gasteiger partial charge >= 0.3 is 0 Å². The highest BCUT2D eigenvalue weighted by atomic mass is 32.2. The standard InChI is InChI=1S/C17H24N4O3S/c1-11-6-7-12(2)15(10-11)25(23,24)19-9-8-18-17(22)16-13(3)20-21(5)14(16)4/h6-7,10,19H,8-9H2,1-5H3,(H,18,22). The highest BCUT2D eigenvalue weighted by Gasteiger charge is 2.18. The van der Waals surface area contributed by atoms with Crippen molar-refractivity contribution < 1.29 is 13.2 Å². The van der Waals surface area contributed by atoms with E-state index in [0.717, 1.165) is 11.3 Å². The number of benzene rings is 1. The second kappa shape index (κ2) is 7.37. The molecule has 0 atom stereocenters. The molecule has 1 aromatic carbocycles. The first-order chi connectivity index (χ1) is 11.6. The second-order valence-electron chi connectivity index (χ2n) is 6.09. The molecule has 0 aliphatic heterocycles. The molecule has 2 rings (SSSR count). The Kier molecular flexibility index (Phi) is 5.64. The van der Waals surface area contributed by atoms with Crippen molar-refractivity contribution in [2.75, 3.05) is 13.1 Å². The van der Waals surface area contributed by atoms with Crippen molar-refractivity contribution in [3.63, 3.8) is 0 Å². The van der Waals surface area contributed by atoms with Gasteiger partial charge in [0.15, 0.2) is 0 Å². The fourth-order valence-corrected chi connectivity index (χ4v) is 3.99. The number of hydrogen-bond donors (Lipinski definition) is 2. The van der Waals surface area contributed by atoms with Gasteiger partial charge in [-0.2, -0.15) is 5.10 Å². The number of hydrogen-bond acceptors (Lipinski definition) is 4. The third-order valence-electron chi connectivity index (χ3n) is 4.07. The first-order valence-electron chi connectivity index (χ1n) is 7.99. The highest BCUT2D eigenvalue weighted by molar-refractivity contribution is 7.89. The van der Waals surface area contributed by atoms with E-state index in [-0.39, 0.29) is 23.9 Å². The molecule has 1 amide bonds. The second-order valence-corrected chi connectivity index (χ2v) is 7.83. The third-order valence-corrected chi connectivity index (χ3v) is 5.67. The van der Waals surface area contributed by atoms with E-state index in [1.807, 2.05) is 19.9 Å². The number of aryl methyl sites for hydroxylation is 4. The van der Waals surface area contributed by atoms with Gasteiger partial charge in [0.05, 0.1) is 16.2 Å². The predicted molar refractivity (Wildman–Crippen MR) is 96.1 cm³/mol. The molecular weight excluding hydrogens is 340 g/mol. The van der Waals surface area contributed by atoms with Crippen LogP contribution in [-0.2, 0) is 17.1 Å². The first kappa shape index (κ1) is 19.1. The zero-order valence-electron chi connectivity index (χ0n) is 15.2. The van der Waals surface area contributed by atoms with Gasteiger partial charge in [-0.15, -0.1) is 0 Å². The molecule has 0 radical (unpaired) electrons. The number of nitrogens with one attached hydrogen (secondary N) is 2. The molecule has 8 heteroatoms. The average Bonchev–Trinajstić information content (AvgIpc) is 2.78. The lowest BCUT2D eigenvalue weighted by atomic mass is 10.2. The summed E-state index contributed by atoms with van der Waals surface area (Å²) in [6.45, 7) is 7.49. The van der Waals surface area contributed by atoms with Crippen LogP contribution in [-0.4, -0.2) is 37.2 Å². The molecule has 0 aliphatic carbocycles. The lowest BCUT2D eigenvalue weighted by molar-refractivity contribution is 0.0953. The molecule has 0 saturated carbocycles. The number of rotatable bonds is 6. The quantitative estimate of drug-likeness (QED) is 0.757. The Bertz CT molecular complexity index is 901. The maximum Gasteiger partial charge on any atom is 0.255 e. The Morgan fingerprint density at radius 2 is 1.84 bits per heavy atom. The van der Waals surface area contributed by atoms with Crippen LogP contribution in [0, 0.1) is 27.7 Å². The molecule has 2 aromatic rings. The Labute approximate surface area is 148 Å². The zero-order valence-corrected chi connectivity index (χ0v) is 16.0. The summed E-state index contributed by atoms with van der Waals surface area (Å²) in [5, 5.41) is 6.93. The van der Waals surface area contributed by atoms with Crippen molar-refractivity contribution in [2.24, 2.45) is 7.05 Å². The number of carbonyl (C=O) groups is 1. The minimum Gasteiger partial charge on any atom is -0.351 e. The van der Waals surface area contributed by atoms with Gasteiger partial charge in [-0.25, -0.2) is 13.1 Å². The van der Waals surface area contributed by atoms with Gasteiger partial charge in [-0.3, -0.25) is 9.48 Å². The van der Waals surface area contributed by atoms with Crippen LogP contribution < -0.4 is 10.0 Å². The van der Waals surface area contributed by atoms with Crippen LogP contribution in [0.15, 0.2) is 23.1 Å². The molecule has 136 valence electrons. The van der Waals surface area contributed by atoms with E-state index in [1.54, 1.807) is 37.7 Å². The average molecular weight is 364 g/mol. The first-order valence-corrected chi connectivity index (χ1v) is 9.47. The van der Waals surface area contributed by atoms with E-state index in [2.05, 4.69) is 15.1 Å². The molecule has 1 heterocycles. The third kappa shape index (κ3) is 4.26. The van der Waals surface area contributed by atoms with Crippen LogP contribution in [0.1, 0.15) is 32.9 Å². The zero-order chi connectivity index (χ0) is 18.8. The summed E-state index contributed by atoms with van der Waals surface area (Å²) in [6, 6.07) is 5.28. The maximum absolute atomic E-state index is 12.4. The number of amides is 1. The van der Waals surface area contributed by atoms with Crippen molar-refractivity contribution in [1.82, 2.24) is 19.8 Å².